The lowest BCUT2D eigenvalue weighted by Crippen LogP contribution is -2.35. The smallest absolute Gasteiger partial charge is 0.0503 e. The van der Waals surface area contributed by atoms with Crippen molar-refractivity contribution < 1.29 is 0 Å². The minimum absolute atomic E-state index is 0.252. The van der Waals surface area contributed by atoms with Crippen LogP contribution in [0.15, 0.2) is 108 Å². The molecule has 0 saturated carbocycles. The molecule has 4 rings (SSSR count). The topological polar surface area (TPSA) is 38.0 Å². The molecule has 0 aromatic heterocycles. The summed E-state index contributed by atoms with van der Waals surface area (Å²) in [7, 11) is 0. The number of fused-ring (bicyclic) bond motifs is 1. The molecule has 2 nitrogen and oxygen atoms in total. The summed E-state index contributed by atoms with van der Waals surface area (Å²) in [5.74, 6) is 2.82. The van der Waals surface area contributed by atoms with Crippen LogP contribution in [0.3, 0.4) is 0 Å². The molecular weight excluding hydrogens is 340 g/mol. The highest BCUT2D eigenvalue weighted by atomic mass is 14.9. The predicted octanol–water partition coefficient (Wildman–Crippen LogP) is 4.79. The lowest BCUT2D eigenvalue weighted by Gasteiger charge is -2.39. The molecule has 0 heterocycles. The molecule has 28 heavy (non-hydrogen) atoms. The summed E-state index contributed by atoms with van der Waals surface area (Å²) in [5.41, 5.74) is 13.0. The van der Waals surface area contributed by atoms with Crippen molar-refractivity contribution in [2.45, 2.75) is 18.8 Å². The standard InChI is InChI=1S/C26H24N2/c1-3-4-17-28-25-19(2)26(20-11-7-5-8-12-20,21-13-9-6-10-14-21)24-16-15-22(27)18-23(24)25/h1,4-15,17-18,24,28H,16,27H2,2H3/b17-4-. The molecule has 138 valence electrons. The van der Waals surface area contributed by atoms with Gasteiger partial charge in [-0.25, -0.2) is 0 Å². The van der Waals surface area contributed by atoms with Crippen LogP contribution in [0, 0.1) is 18.3 Å². The van der Waals surface area contributed by atoms with Gasteiger partial charge in [-0.1, -0.05) is 72.7 Å². The summed E-state index contributed by atoms with van der Waals surface area (Å²) < 4.78 is 0. The molecule has 2 aliphatic carbocycles. The lowest BCUT2D eigenvalue weighted by atomic mass is 9.62. The van der Waals surface area contributed by atoms with Gasteiger partial charge in [0.2, 0.25) is 0 Å². The van der Waals surface area contributed by atoms with Gasteiger partial charge in [0.25, 0.3) is 0 Å². The van der Waals surface area contributed by atoms with Gasteiger partial charge in [-0.3, -0.25) is 0 Å². The van der Waals surface area contributed by atoms with Crippen molar-refractivity contribution in [3.05, 3.63) is 119 Å². The van der Waals surface area contributed by atoms with Crippen LogP contribution in [0.25, 0.3) is 0 Å². The fraction of sp³-hybridized carbons (Fsp3) is 0.154. The van der Waals surface area contributed by atoms with E-state index in [1.165, 1.54) is 22.3 Å². The molecule has 0 aliphatic heterocycles. The Morgan fingerprint density at radius 3 is 2.25 bits per heavy atom. The van der Waals surface area contributed by atoms with Crippen LogP contribution in [0.5, 0.6) is 0 Å². The third-order valence-electron chi connectivity index (χ3n) is 5.93. The second-order valence-electron chi connectivity index (χ2n) is 7.28. The molecule has 2 aliphatic rings. The molecular formula is C26H24N2. The van der Waals surface area contributed by atoms with Gasteiger partial charge in [-0.05, 0) is 41.7 Å². The molecule has 2 aromatic carbocycles. The fourth-order valence-corrected chi connectivity index (χ4v) is 4.82. The maximum absolute atomic E-state index is 6.20. The van der Waals surface area contributed by atoms with E-state index < -0.39 is 0 Å². The van der Waals surface area contributed by atoms with Gasteiger partial charge in [-0.15, -0.1) is 6.42 Å². The maximum Gasteiger partial charge on any atom is 0.0503 e. The first-order valence-electron chi connectivity index (χ1n) is 9.57. The fourth-order valence-electron chi connectivity index (χ4n) is 4.82. The van der Waals surface area contributed by atoms with Crippen molar-refractivity contribution in [1.82, 2.24) is 5.32 Å². The Kier molecular flexibility index (Phi) is 4.67. The molecule has 0 saturated heterocycles. The first-order chi connectivity index (χ1) is 13.7. The van der Waals surface area contributed by atoms with Gasteiger partial charge in [0, 0.05) is 29.6 Å². The zero-order valence-corrected chi connectivity index (χ0v) is 16.0. The van der Waals surface area contributed by atoms with Crippen molar-refractivity contribution in [3.8, 4) is 12.3 Å². The summed E-state index contributed by atoms with van der Waals surface area (Å²) >= 11 is 0. The highest BCUT2D eigenvalue weighted by Gasteiger charge is 2.51. The minimum atomic E-state index is -0.252. The maximum atomic E-state index is 6.20. The minimum Gasteiger partial charge on any atom is -0.399 e. The highest BCUT2D eigenvalue weighted by Crippen LogP contribution is 2.57. The van der Waals surface area contributed by atoms with Gasteiger partial charge in [-0.2, -0.15) is 0 Å². The lowest BCUT2D eigenvalue weighted by molar-refractivity contribution is 0.447. The second-order valence-corrected chi connectivity index (χ2v) is 7.28. The normalized spacial score (nSPS) is 20.4. The number of hydrogen-bond acceptors (Lipinski definition) is 2. The zero-order valence-electron chi connectivity index (χ0n) is 16.0. The number of hydrogen-bond donors (Lipinski definition) is 2. The third-order valence-corrected chi connectivity index (χ3v) is 5.93. The first kappa shape index (κ1) is 17.9. The Bertz CT molecular complexity index is 991. The second kappa shape index (κ2) is 7.29. The third kappa shape index (κ3) is 2.68. The number of terminal acetylenes is 1. The molecule has 2 heteroatoms. The Labute approximate surface area is 167 Å². The Morgan fingerprint density at radius 1 is 1.07 bits per heavy atom. The van der Waals surface area contributed by atoms with Crippen LogP contribution in [0.4, 0.5) is 0 Å². The van der Waals surface area contributed by atoms with Crippen molar-refractivity contribution in [2.75, 3.05) is 0 Å². The molecule has 1 unspecified atom stereocenters. The van der Waals surface area contributed by atoms with E-state index in [2.05, 4.69) is 91.0 Å². The van der Waals surface area contributed by atoms with Crippen molar-refractivity contribution in [3.63, 3.8) is 0 Å². The van der Waals surface area contributed by atoms with Gasteiger partial charge in [0.1, 0.15) is 0 Å². The highest BCUT2D eigenvalue weighted by molar-refractivity contribution is 5.63. The van der Waals surface area contributed by atoms with Gasteiger partial charge < -0.3 is 11.1 Å². The summed E-state index contributed by atoms with van der Waals surface area (Å²) in [6.07, 6.45) is 14.1. The number of benzene rings is 2. The zero-order chi connectivity index (χ0) is 19.6. The molecule has 0 amide bonds. The van der Waals surface area contributed by atoms with Gasteiger partial charge >= 0.3 is 0 Å². The van der Waals surface area contributed by atoms with E-state index >= 15 is 0 Å². The quantitative estimate of drug-likeness (QED) is 0.766. The number of nitrogens with two attached hydrogens (primary N) is 1. The molecule has 0 fully saturated rings. The van der Waals surface area contributed by atoms with Gasteiger partial charge in [0.05, 0.1) is 5.41 Å². The molecule has 0 bridgehead atoms. The number of rotatable bonds is 4. The van der Waals surface area contributed by atoms with Crippen molar-refractivity contribution in [1.29, 1.82) is 0 Å². The van der Waals surface area contributed by atoms with Crippen LogP contribution in [0.1, 0.15) is 24.5 Å². The Morgan fingerprint density at radius 2 is 1.68 bits per heavy atom. The van der Waals surface area contributed by atoms with E-state index in [0.717, 1.165) is 17.8 Å². The van der Waals surface area contributed by atoms with E-state index in [0.29, 0.717) is 0 Å². The number of allylic oxidation sites excluding steroid dienone is 5. The molecule has 2 aromatic rings. The summed E-state index contributed by atoms with van der Waals surface area (Å²) in [6.45, 7) is 2.22. The predicted molar refractivity (Wildman–Crippen MR) is 116 cm³/mol. The van der Waals surface area contributed by atoms with E-state index in [4.69, 9.17) is 12.2 Å². The monoisotopic (exact) mass is 364 g/mol. The first-order valence-corrected chi connectivity index (χ1v) is 9.57. The Hall–Kier alpha value is -3.44. The van der Waals surface area contributed by atoms with Crippen molar-refractivity contribution >= 4 is 0 Å². The summed E-state index contributed by atoms with van der Waals surface area (Å²) in [6, 6.07) is 21.5. The molecule has 1 atom stereocenters. The SMILES string of the molecule is C#C/C=C\NC1=C(C)C(c2ccccc2)(c2ccccc2)C2CC=C(N)C=C12. The number of nitrogens with one attached hydrogen (secondary N) is 1. The van der Waals surface area contributed by atoms with E-state index in [1.807, 2.05) is 6.20 Å². The van der Waals surface area contributed by atoms with Crippen molar-refractivity contribution in [2.24, 2.45) is 11.7 Å². The summed E-state index contributed by atoms with van der Waals surface area (Å²) in [5, 5.41) is 3.45. The van der Waals surface area contributed by atoms with Crippen LogP contribution < -0.4 is 11.1 Å². The van der Waals surface area contributed by atoms with Crippen LogP contribution in [-0.2, 0) is 5.41 Å². The van der Waals surface area contributed by atoms with E-state index in [-0.39, 0.29) is 11.3 Å². The average molecular weight is 364 g/mol. The Balaban J connectivity index is 2.01. The van der Waals surface area contributed by atoms with E-state index in [9.17, 15) is 0 Å². The van der Waals surface area contributed by atoms with Crippen LogP contribution in [0.2, 0.25) is 0 Å². The largest absolute Gasteiger partial charge is 0.399 e. The molecule has 0 spiro atoms. The van der Waals surface area contributed by atoms with Crippen LogP contribution >= 0.6 is 0 Å². The van der Waals surface area contributed by atoms with Crippen LogP contribution in [-0.4, -0.2) is 0 Å². The average Bonchev–Trinajstić information content (AvgIpc) is 2.98. The summed E-state index contributed by atoms with van der Waals surface area (Å²) in [4.78, 5) is 0. The van der Waals surface area contributed by atoms with Gasteiger partial charge in [0.15, 0.2) is 0 Å². The molecule has 0 radical (unpaired) electrons. The van der Waals surface area contributed by atoms with E-state index in [1.54, 1.807) is 6.08 Å². The molecule has 3 N–H and O–H groups in total.